The van der Waals surface area contributed by atoms with E-state index in [0.29, 0.717) is 23.9 Å². The van der Waals surface area contributed by atoms with E-state index >= 15 is 0 Å². The van der Waals surface area contributed by atoms with E-state index in [-0.39, 0.29) is 23.0 Å². The van der Waals surface area contributed by atoms with E-state index in [9.17, 15) is 14.9 Å². The van der Waals surface area contributed by atoms with Gasteiger partial charge in [0.1, 0.15) is 11.6 Å². The van der Waals surface area contributed by atoms with Crippen LogP contribution >= 0.6 is 23.1 Å². The van der Waals surface area contributed by atoms with Crippen molar-refractivity contribution in [2.45, 2.75) is 25.0 Å². The lowest BCUT2D eigenvalue weighted by molar-refractivity contribution is -0.384. The SMILES string of the molecule is CCn1c(Cc2cccs2)nnc1SCC(=O)Nc1cc([N+](=O)[O-])ccc1OC. The van der Waals surface area contributed by atoms with Crippen LogP contribution in [0.3, 0.4) is 0 Å². The smallest absolute Gasteiger partial charge is 0.271 e. The Bertz CT molecular complexity index is 1000. The lowest BCUT2D eigenvalue weighted by Crippen LogP contribution is -2.15. The maximum Gasteiger partial charge on any atom is 0.271 e. The molecule has 29 heavy (non-hydrogen) atoms. The number of rotatable bonds is 9. The number of anilines is 1. The van der Waals surface area contributed by atoms with Crippen molar-refractivity contribution in [1.29, 1.82) is 0 Å². The van der Waals surface area contributed by atoms with E-state index < -0.39 is 4.92 Å². The van der Waals surface area contributed by atoms with E-state index in [1.165, 1.54) is 41.9 Å². The van der Waals surface area contributed by atoms with Crippen molar-refractivity contribution in [3.63, 3.8) is 0 Å². The fourth-order valence-corrected chi connectivity index (χ4v) is 4.19. The molecule has 0 saturated carbocycles. The molecule has 152 valence electrons. The molecule has 0 aliphatic heterocycles. The normalized spacial score (nSPS) is 10.7. The molecule has 0 saturated heterocycles. The summed E-state index contributed by atoms with van der Waals surface area (Å²) < 4.78 is 7.14. The zero-order valence-electron chi connectivity index (χ0n) is 15.8. The first kappa shape index (κ1) is 20.8. The summed E-state index contributed by atoms with van der Waals surface area (Å²) in [6, 6.07) is 8.09. The van der Waals surface area contributed by atoms with Gasteiger partial charge in [-0.3, -0.25) is 14.9 Å². The second-order valence-electron chi connectivity index (χ2n) is 5.88. The Hall–Kier alpha value is -2.92. The van der Waals surface area contributed by atoms with Gasteiger partial charge in [0.2, 0.25) is 5.91 Å². The van der Waals surface area contributed by atoms with Crippen molar-refractivity contribution in [3.05, 3.63) is 56.5 Å². The van der Waals surface area contributed by atoms with E-state index in [1.54, 1.807) is 11.3 Å². The van der Waals surface area contributed by atoms with Gasteiger partial charge in [0.15, 0.2) is 5.16 Å². The van der Waals surface area contributed by atoms with Crippen LogP contribution in [-0.2, 0) is 17.8 Å². The van der Waals surface area contributed by atoms with Crippen LogP contribution in [0, 0.1) is 10.1 Å². The molecule has 0 radical (unpaired) electrons. The first-order valence-electron chi connectivity index (χ1n) is 8.71. The summed E-state index contributed by atoms with van der Waals surface area (Å²) >= 11 is 2.92. The second-order valence-corrected chi connectivity index (χ2v) is 7.85. The van der Waals surface area contributed by atoms with Crippen LogP contribution in [0.2, 0.25) is 0 Å². The standard InChI is InChI=1S/C18H19N5O4S2/c1-3-22-16(10-13-5-4-8-28-13)20-21-18(22)29-11-17(24)19-14-9-12(23(25)26)6-7-15(14)27-2/h4-9H,3,10-11H2,1-2H3,(H,19,24). The third kappa shape index (κ3) is 5.12. The molecule has 3 rings (SSSR count). The lowest BCUT2D eigenvalue weighted by Gasteiger charge is -2.10. The minimum atomic E-state index is -0.525. The Kier molecular flexibility index (Phi) is 6.83. The molecule has 0 aliphatic carbocycles. The molecule has 9 nitrogen and oxygen atoms in total. The fourth-order valence-electron chi connectivity index (χ4n) is 2.67. The summed E-state index contributed by atoms with van der Waals surface area (Å²) in [5.41, 5.74) is 0.125. The summed E-state index contributed by atoms with van der Waals surface area (Å²) in [5, 5.41) is 24.8. The van der Waals surface area contributed by atoms with Crippen molar-refractivity contribution in [3.8, 4) is 5.75 Å². The molecular weight excluding hydrogens is 414 g/mol. The molecule has 2 aromatic heterocycles. The predicted octanol–water partition coefficient (Wildman–Crippen LogP) is 3.60. The number of amides is 1. The third-order valence-corrected chi connectivity index (χ3v) is 5.87. The number of thiophene rings is 1. The minimum absolute atomic E-state index is 0.0863. The second kappa shape index (κ2) is 9.52. The van der Waals surface area contributed by atoms with Gasteiger partial charge in [-0.25, -0.2) is 0 Å². The molecule has 1 N–H and O–H groups in total. The van der Waals surface area contributed by atoms with Gasteiger partial charge in [0.25, 0.3) is 5.69 Å². The quantitative estimate of drug-likeness (QED) is 0.312. The number of carbonyl (C=O) groups excluding carboxylic acids is 1. The monoisotopic (exact) mass is 433 g/mol. The van der Waals surface area contributed by atoms with Crippen LogP contribution in [0.4, 0.5) is 11.4 Å². The van der Waals surface area contributed by atoms with Gasteiger partial charge < -0.3 is 14.6 Å². The maximum atomic E-state index is 12.4. The minimum Gasteiger partial charge on any atom is -0.495 e. The molecule has 0 unspecified atom stereocenters. The molecule has 3 aromatic rings. The highest BCUT2D eigenvalue weighted by Gasteiger charge is 2.16. The largest absolute Gasteiger partial charge is 0.495 e. The number of nitro benzene ring substituents is 1. The number of nitro groups is 1. The number of nitrogens with zero attached hydrogens (tertiary/aromatic N) is 4. The van der Waals surface area contributed by atoms with Gasteiger partial charge in [-0.2, -0.15) is 0 Å². The molecule has 11 heteroatoms. The van der Waals surface area contributed by atoms with Crippen LogP contribution in [0.1, 0.15) is 17.6 Å². The van der Waals surface area contributed by atoms with E-state index in [4.69, 9.17) is 4.74 Å². The number of thioether (sulfide) groups is 1. The predicted molar refractivity (Wildman–Crippen MR) is 112 cm³/mol. The fraction of sp³-hybridized carbons (Fsp3) is 0.278. The van der Waals surface area contributed by atoms with Gasteiger partial charge in [0.05, 0.1) is 23.5 Å². The number of nitrogens with one attached hydrogen (secondary N) is 1. The number of hydrogen-bond acceptors (Lipinski definition) is 8. The van der Waals surface area contributed by atoms with E-state index in [0.717, 1.165) is 5.82 Å². The molecule has 0 spiro atoms. The van der Waals surface area contributed by atoms with Gasteiger partial charge >= 0.3 is 0 Å². The molecule has 1 aromatic carbocycles. The van der Waals surface area contributed by atoms with Crippen molar-refractivity contribution < 1.29 is 14.5 Å². The highest BCUT2D eigenvalue weighted by atomic mass is 32.2. The van der Waals surface area contributed by atoms with E-state index in [1.807, 2.05) is 29.0 Å². The van der Waals surface area contributed by atoms with Crippen molar-refractivity contribution in [2.75, 3.05) is 18.2 Å². The number of hydrogen-bond donors (Lipinski definition) is 1. The molecule has 0 atom stereocenters. The molecule has 0 fully saturated rings. The highest BCUT2D eigenvalue weighted by molar-refractivity contribution is 7.99. The Morgan fingerprint density at radius 3 is 2.86 bits per heavy atom. The Balaban J connectivity index is 1.66. The van der Waals surface area contributed by atoms with Crippen LogP contribution in [0.5, 0.6) is 5.75 Å². The zero-order valence-corrected chi connectivity index (χ0v) is 17.5. The topological polar surface area (TPSA) is 112 Å². The number of aromatic nitrogens is 3. The average Bonchev–Trinajstić information content (AvgIpc) is 3.36. The maximum absolute atomic E-state index is 12.4. The first-order chi connectivity index (χ1) is 14.0. The third-order valence-electron chi connectivity index (χ3n) is 4.02. The van der Waals surface area contributed by atoms with Gasteiger partial charge in [-0.15, -0.1) is 21.5 Å². The van der Waals surface area contributed by atoms with Crippen LogP contribution in [0.15, 0.2) is 40.9 Å². The lowest BCUT2D eigenvalue weighted by atomic mass is 10.2. The van der Waals surface area contributed by atoms with Crippen molar-refractivity contribution >= 4 is 40.4 Å². The first-order valence-corrected chi connectivity index (χ1v) is 10.6. The molecule has 2 heterocycles. The number of non-ortho nitro benzene ring substituents is 1. The van der Waals surface area contributed by atoms with Crippen LogP contribution < -0.4 is 10.1 Å². The Labute approximate surface area is 175 Å². The van der Waals surface area contributed by atoms with Gasteiger partial charge in [0, 0.05) is 30.0 Å². The summed E-state index contributed by atoms with van der Waals surface area (Å²) in [6.07, 6.45) is 0.691. The highest BCUT2D eigenvalue weighted by Crippen LogP contribution is 2.29. The van der Waals surface area contributed by atoms with Crippen molar-refractivity contribution in [2.24, 2.45) is 0 Å². The average molecular weight is 434 g/mol. The number of carbonyl (C=O) groups is 1. The Morgan fingerprint density at radius 1 is 1.38 bits per heavy atom. The molecule has 1 amide bonds. The van der Waals surface area contributed by atoms with Crippen LogP contribution in [-0.4, -0.2) is 38.5 Å². The molecule has 0 aliphatic rings. The summed E-state index contributed by atoms with van der Waals surface area (Å²) in [6.45, 7) is 2.69. The molecule has 0 bridgehead atoms. The summed E-state index contributed by atoms with van der Waals surface area (Å²) in [5.74, 6) is 0.963. The molecular formula is C18H19N5O4S2. The number of methoxy groups -OCH3 is 1. The van der Waals surface area contributed by atoms with E-state index in [2.05, 4.69) is 15.5 Å². The van der Waals surface area contributed by atoms with Crippen LogP contribution in [0.25, 0.3) is 0 Å². The summed E-state index contributed by atoms with van der Waals surface area (Å²) in [4.78, 5) is 24.0. The van der Waals surface area contributed by atoms with Gasteiger partial charge in [-0.1, -0.05) is 17.8 Å². The van der Waals surface area contributed by atoms with Crippen molar-refractivity contribution in [1.82, 2.24) is 14.8 Å². The number of ether oxygens (including phenoxy) is 1. The Morgan fingerprint density at radius 2 is 2.21 bits per heavy atom. The number of benzene rings is 1. The summed E-state index contributed by atoms with van der Waals surface area (Å²) in [7, 11) is 1.43. The zero-order chi connectivity index (χ0) is 20.8. The van der Waals surface area contributed by atoms with Gasteiger partial charge in [-0.05, 0) is 24.4 Å².